The van der Waals surface area contributed by atoms with Crippen LogP contribution < -0.4 is 5.73 Å². The molecule has 1 aliphatic rings. The number of benzene rings is 1. The fraction of sp³-hybridized carbons (Fsp3) is 0.304. The maximum absolute atomic E-state index is 14.3. The van der Waals surface area contributed by atoms with Crippen LogP contribution in [0.15, 0.2) is 42.5 Å². The number of rotatable bonds is 3. The van der Waals surface area contributed by atoms with Crippen molar-refractivity contribution in [2.75, 3.05) is 0 Å². The Hall–Kier alpha value is -3.22. The highest BCUT2D eigenvalue weighted by atomic mass is 19.1. The van der Waals surface area contributed by atoms with Crippen molar-refractivity contribution >= 4 is 5.91 Å². The van der Waals surface area contributed by atoms with Crippen LogP contribution in [0.4, 0.5) is 8.78 Å². The van der Waals surface area contributed by atoms with Crippen molar-refractivity contribution in [3.8, 4) is 11.3 Å². The number of fused-ring (bicyclic) bond motifs is 1. The van der Waals surface area contributed by atoms with Crippen LogP contribution in [0.1, 0.15) is 60.5 Å². The van der Waals surface area contributed by atoms with Gasteiger partial charge in [-0.3, -0.25) is 4.79 Å². The molecule has 2 aromatic heterocycles. The summed E-state index contributed by atoms with van der Waals surface area (Å²) in [5.41, 5.74) is 7.18. The maximum Gasteiger partial charge on any atom is 0.267 e. The number of hydrogen-bond donors (Lipinski definition) is 1. The van der Waals surface area contributed by atoms with Gasteiger partial charge >= 0.3 is 0 Å². The highest BCUT2D eigenvalue weighted by molar-refractivity contribution is 5.90. The van der Waals surface area contributed by atoms with Gasteiger partial charge in [-0.25, -0.2) is 13.8 Å². The zero-order valence-electron chi connectivity index (χ0n) is 17.0. The molecule has 154 valence electrons. The molecule has 4 rings (SSSR count). The normalized spacial score (nSPS) is 23.1. The van der Waals surface area contributed by atoms with Gasteiger partial charge in [0, 0.05) is 0 Å². The minimum atomic E-state index is -0.681. The Labute approximate surface area is 173 Å². The molecule has 1 unspecified atom stereocenters. The van der Waals surface area contributed by atoms with Crippen LogP contribution in [0, 0.1) is 17.6 Å². The average molecular weight is 408 g/mol. The third-order valence-corrected chi connectivity index (χ3v) is 6.21. The predicted octanol–water partition coefficient (Wildman–Crippen LogP) is 4.37. The molecule has 2 N–H and O–H groups in total. The maximum atomic E-state index is 14.3. The second-order valence-corrected chi connectivity index (χ2v) is 8.20. The van der Waals surface area contributed by atoms with E-state index in [2.05, 4.69) is 29.0 Å². The summed E-state index contributed by atoms with van der Waals surface area (Å²) in [6, 6.07) is 10.6. The molecule has 0 bridgehead atoms. The van der Waals surface area contributed by atoms with Gasteiger partial charge in [0.2, 0.25) is 0 Å². The quantitative estimate of drug-likeness (QED) is 0.698. The number of halogens is 2. The summed E-state index contributed by atoms with van der Waals surface area (Å²) in [4.78, 5) is 16.1. The van der Waals surface area contributed by atoms with E-state index < -0.39 is 23.0 Å². The Kier molecular flexibility index (Phi) is 4.84. The van der Waals surface area contributed by atoms with Crippen molar-refractivity contribution in [3.63, 3.8) is 0 Å². The fourth-order valence-corrected chi connectivity index (χ4v) is 4.38. The van der Waals surface area contributed by atoms with Gasteiger partial charge in [-0.15, -0.1) is 5.10 Å². The Balaban J connectivity index is 1.90. The summed E-state index contributed by atoms with van der Waals surface area (Å²) in [5.74, 6) is -1.62. The molecule has 0 radical (unpaired) electrons. The fourth-order valence-electron chi connectivity index (χ4n) is 4.38. The highest BCUT2D eigenvalue weighted by Crippen LogP contribution is 2.48. The van der Waals surface area contributed by atoms with Gasteiger partial charge < -0.3 is 5.73 Å². The largest absolute Gasteiger partial charge is 0.364 e. The van der Waals surface area contributed by atoms with E-state index in [9.17, 15) is 13.6 Å². The number of pyridine rings is 1. The van der Waals surface area contributed by atoms with Crippen molar-refractivity contribution in [1.29, 1.82) is 0 Å². The number of amides is 1. The van der Waals surface area contributed by atoms with Crippen LogP contribution >= 0.6 is 0 Å². The number of carbonyl (C=O) groups excluding carboxylic acids is 1. The SMILES string of the molecule is CC1C[C@](C)(c2cccc(C(N)=O)n2)c2nnc(-c3c(F)cccc3F)cc2[C@@H]1C. The first-order chi connectivity index (χ1) is 14.2. The summed E-state index contributed by atoms with van der Waals surface area (Å²) in [6.07, 6.45) is 0.735. The molecule has 0 fully saturated rings. The monoisotopic (exact) mass is 408 g/mol. The van der Waals surface area contributed by atoms with E-state index in [4.69, 9.17) is 5.73 Å². The lowest BCUT2D eigenvalue weighted by molar-refractivity contribution is 0.0995. The smallest absolute Gasteiger partial charge is 0.267 e. The average Bonchev–Trinajstić information content (AvgIpc) is 2.72. The van der Waals surface area contributed by atoms with Gasteiger partial charge in [0.1, 0.15) is 17.3 Å². The van der Waals surface area contributed by atoms with Crippen LogP contribution in [-0.2, 0) is 5.41 Å². The molecular weight excluding hydrogens is 386 g/mol. The summed E-state index contributed by atoms with van der Waals surface area (Å²) < 4.78 is 28.6. The number of nitrogens with zero attached hydrogens (tertiary/aromatic N) is 3. The summed E-state index contributed by atoms with van der Waals surface area (Å²) in [7, 11) is 0. The summed E-state index contributed by atoms with van der Waals surface area (Å²) >= 11 is 0. The third kappa shape index (κ3) is 3.14. The van der Waals surface area contributed by atoms with Crippen molar-refractivity contribution in [2.24, 2.45) is 11.7 Å². The number of aromatic nitrogens is 3. The van der Waals surface area contributed by atoms with E-state index in [1.54, 1.807) is 18.2 Å². The van der Waals surface area contributed by atoms with Gasteiger partial charge in [-0.2, -0.15) is 5.10 Å². The summed E-state index contributed by atoms with van der Waals surface area (Å²) in [6.45, 7) is 6.19. The highest BCUT2D eigenvalue weighted by Gasteiger charge is 2.43. The standard InChI is InChI=1S/C23H22F2N4O/c1-12-11-23(3,19-9-5-8-17(27-19)22(26)30)21-14(13(12)2)10-18(28-29-21)20-15(24)6-4-7-16(20)25/h4-10,12-13H,11H2,1-3H3,(H2,26,30)/t12?,13-,23-/m1/s1. The number of nitrogens with two attached hydrogens (primary N) is 1. The molecule has 5 nitrogen and oxygen atoms in total. The first kappa shape index (κ1) is 20.1. The number of hydrogen-bond acceptors (Lipinski definition) is 4. The minimum Gasteiger partial charge on any atom is -0.364 e. The van der Waals surface area contributed by atoms with Gasteiger partial charge in [0.15, 0.2) is 0 Å². The van der Waals surface area contributed by atoms with Crippen molar-refractivity contribution < 1.29 is 13.6 Å². The van der Waals surface area contributed by atoms with Gasteiger partial charge in [0.05, 0.1) is 28.1 Å². The molecule has 3 atom stereocenters. The molecule has 0 spiro atoms. The van der Waals surface area contributed by atoms with Crippen molar-refractivity contribution in [3.05, 3.63) is 76.7 Å². The molecule has 3 aromatic rings. The number of carbonyl (C=O) groups is 1. The second-order valence-electron chi connectivity index (χ2n) is 8.20. The van der Waals surface area contributed by atoms with E-state index in [0.717, 1.165) is 12.0 Å². The van der Waals surface area contributed by atoms with Crippen LogP contribution in [0.25, 0.3) is 11.3 Å². The number of primary amides is 1. The molecule has 30 heavy (non-hydrogen) atoms. The predicted molar refractivity (Wildman–Crippen MR) is 109 cm³/mol. The van der Waals surface area contributed by atoms with Crippen molar-refractivity contribution in [1.82, 2.24) is 15.2 Å². The van der Waals surface area contributed by atoms with E-state index in [0.29, 0.717) is 11.4 Å². The van der Waals surface area contributed by atoms with Crippen LogP contribution in [0.2, 0.25) is 0 Å². The van der Waals surface area contributed by atoms with E-state index in [1.165, 1.54) is 18.2 Å². The lowest BCUT2D eigenvalue weighted by Crippen LogP contribution is -2.37. The Morgan fingerprint density at radius 1 is 1.10 bits per heavy atom. The van der Waals surface area contributed by atoms with Gasteiger partial charge in [-0.1, -0.05) is 26.0 Å². The van der Waals surface area contributed by atoms with Crippen molar-refractivity contribution in [2.45, 2.75) is 38.5 Å². The third-order valence-electron chi connectivity index (χ3n) is 6.21. The Morgan fingerprint density at radius 2 is 1.77 bits per heavy atom. The van der Waals surface area contributed by atoms with E-state index >= 15 is 0 Å². The minimum absolute atomic E-state index is 0.108. The van der Waals surface area contributed by atoms with E-state index in [1.807, 2.05) is 13.0 Å². The summed E-state index contributed by atoms with van der Waals surface area (Å²) in [5, 5.41) is 8.60. The lowest BCUT2D eigenvalue weighted by atomic mass is 9.64. The Morgan fingerprint density at radius 3 is 2.43 bits per heavy atom. The van der Waals surface area contributed by atoms with Gasteiger partial charge in [-0.05, 0) is 61.1 Å². The molecule has 1 aliphatic carbocycles. The van der Waals surface area contributed by atoms with Crippen LogP contribution in [-0.4, -0.2) is 21.1 Å². The lowest BCUT2D eigenvalue weighted by Gasteiger charge is -2.40. The van der Waals surface area contributed by atoms with E-state index in [-0.39, 0.29) is 28.8 Å². The molecule has 0 aliphatic heterocycles. The molecular formula is C23H22F2N4O. The zero-order chi connectivity index (χ0) is 21.6. The molecule has 0 saturated carbocycles. The molecule has 7 heteroatoms. The topological polar surface area (TPSA) is 81.8 Å². The van der Waals surface area contributed by atoms with Gasteiger partial charge in [0.25, 0.3) is 5.91 Å². The zero-order valence-corrected chi connectivity index (χ0v) is 17.0. The van der Waals surface area contributed by atoms with Crippen LogP contribution in [0.5, 0.6) is 0 Å². The molecule has 1 aromatic carbocycles. The van der Waals surface area contributed by atoms with Crippen LogP contribution in [0.3, 0.4) is 0 Å². The molecule has 2 heterocycles. The first-order valence-corrected chi connectivity index (χ1v) is 9.82. The Bertz CT molecular complexity index is 1130. The second kappa shape index (κ2) is 7.23. The first-order valence-electron chi connectivity index (χ1n) is 9.82. The molecule has 0 saturated heterocycles. The molecule has 1 amide bonds.